The number of thiophene rings is 1. The molecule has 0 spiro atoms. The summed E-state index contributed by atoms with van der Waals surface area (Å²) < 4.78 is 11.6. The molecule has 1 saturated heterocycles. The van der Waals surface area contributed by atoms with Gasteiger partial charge in [-0.3, -0.25) is 9.69 Å². The molecule has 23 heavy (non-hydrogen) atoms. The molecule has 1 amide bonds. The average molecular weight is 338 g/mol. The van der Waals surface area contributed by atoms with E-state index in [1.54, 1.807) is 30.3 Å². The highest BCUT2D eigenvalue weighted by atomic mass is 32.1. The highest BCUT2D eigenvalue weighted by Gasteiger charge is 2.40. The van der Waals surface area contributed by atoms with Gasteiger partial charge >= 0.3 is 0 Å². The van der Waals surface area contributed by atoms with Crippen LogP contribution in [0.15, 0.2) is 16.8 Å². The zero-order valence-electron chi connectivity index (χ0n) is 13.9. The molecule has 3 unspecified atom stereocenters. The molecule has 0 aromatic carbocycles. The topological polar surface area (TPSA) is 42.0 Å². The van der Waals surface area contributed by atoms with Gasteiger partial charge in [-0.05, 0) is 41.1 Å². The maximum Gasteiger partial charge on any atom is 0.248 e. The molecule has 0 radical (unpaired) electrons. The lowest BCUT2D eigenvalue weighted by molar-refractivity contribution is -0.134. The van der Waals surface area contributed by atoms with Crippen LogP contribution in [0.25, 0.3) is 0 Å². The van der Waals surface area contributed by atoms with E-state index in [1.807, 2.05) is 0 Å². The number of likely N-dealkylation sites (N-methyl/N-ethyl adjacent to an activating group) is 1. The Morgan fingerprint density at radius 3 is 3.09 bits per heavy atom. The predicted octanol–water partition coefficient (Wildman–Crippen LogP) is 1.83. The molecule has 128 valence electrons. The molecule has 3 rings (SSSR count). The molecular formula is C17H26N2O3S. The number of hydrogen-bond acceptors (Lipinski definition) is 5. The van der Waals surface area contributed by atoms with Crippen molar-refractivity contribution in [3.8, 4) is 0 Å². The Kier molecular flexibility index (Phi) is 5.69. The fourth-order valence-electron chi connectivity index (χ4n) is 3.52. The number of hydrogen-bond donors (Lipinski definition) is 0. The minimum Gasteiger partial charge on any atom is -0.375 e. The van der Waals surface area contributed by atoms with E-state index in [1.165, 1.54) is 5.56 Å². The molecule has 0 N–H and O–H groups in total. The van der Waals surface area contributed by atoms with Crippen LogP contribution in [0.4, 0.5) is 0 Å². The Morgan fingerprint density at radius 1 is 1.48 bits per heavy atom. The van der Waals surface area contributed by atoms with Crippen molar-refractivity contribution in [2.24, 2.45) is 5.92 Å². The standard InChI is InChI=1S/C17H26N2O3S/c1-18(2)17(20)11-21-10-14-7-15-16(8-14)22-5-4-19(15)9-13-3-6-23-12-13/h3,6,12,14-16H,4-5,7-11H2,1-2H3. The number of fused-ring (bicyclic) bond motifs is 1. The molecule has 1 aliphatic heterocycles. The minimum absolute atomic E-state index is 0.0238. The summed E-state index contributed by atoms with van der Waals surface area (Å²) in [7, 11) is 3.51. The second-order valence-electron chi connectivity index (χ2n) is 6.72. The Hall–Kier alpha value is -0.950. The lowest BCUT2D eigenvalue weighted by atomic mass is 10.1. The number of carbonyl (C=O) groups excluding carboxylic acids is 1. The van der Waals surface area contributed by atoms with Crippen LogP contribution in [0.5, 0.6) is 0 Å². The summed E-state index contributed by atoms with van der Waals surface area (Å²) in [6.45, 7) is 3.67. The maximum absolute atomic E-state index is 11.6. The van der Waals surface area contributed by atoms with Gasteiger partial charge in [-0.1, -0.05) is 0 Å². The molecule has 1 aromatic heterocycles. The smallest absolute Gasteiger partial charge is 0.248 e. The quantitative estimate of drug-likeness (QED) is 0.794. The molecule has 3 atom stereocenters. The van der Waals surface area contributed by atoms with Crippen molar-refractivity contribution >= 4 is 17.2 Å². The third kappa shape index (κ3) is 4.32. The first-order valence-electron chi connectivity index (χ1n) is 8.28. The van der Waals surface area contributed by atoms with Crippen LogP contribution in [-0.4, -0.2) is 68.3 Å². The van der Waals surface area contributed by atoms with E-state index < -0.39 is 0 Å². The molecule has 2 aliphatic rings. The summed E-state index contributed by atoms with van der Waals surface area (Å²) >= 11 is 1.76. The summed E-state index contributed by atoms with van der Waals surface area (Å²) in [5.74, 6) is 0.513. The number of morpholine rings is 1. The van der Waals surface area contributed by atoms with Crippen LogP contribution in [0, 0.1) is 5.92 Å². The predicted molar refractivity (Wildman–Crippen MR) is 90.5 cm³/mol. The maximum atomic E-state index is 11.6. The van der Waals surface area contributed by atoms with Gasteiger partial charge in [0.25, 0.3) is 0 Å². The molecule has 1 aliphatic carbocycles. The highest BCUT2D eigenvalue weighted by Crippen LogP contribution is 2.35. The normalized spacial score (nSPS) is 27.8. The summed E-state index contributed by atoms with van der Waals surface area (Å²) in [5.41, 5.74) is 1.40. The van der Waals surface area contributed by atoms with Gasteiger partial charge in [0.1, 0.15) is 6.61 Å². The highest BCUT2D eigenvalue weighted by molar-refractivity contribution is 7.07. The Bertz CT molecular complexity index is 506. The summed E-state index contributed by atoms with van der Waals surface area (Å²) in [5, 5.41) is 4.37. The van der Waals surface area contributed by atoms with Crippen molar-refractivity contribution in [1.29, 1.82) is 0 Å². The fraction of sp³-hybridized carbons (Fsp3) is 0.706. The largest absolute Gasteiger partial charge is 0.375 e. The van der Waals surface area contributed by atoms with Crippen molar-refractivity contribution in [2.75, 3.05) is 40.5 Å². The fourth-order valence-corrected chi connectivity index (χ4v) is 4.18. The first-order chi connectivity index (χ1) is 11.1. The van der Waals surface area contributed by atoms with Crippen molar-refractivity contribution in [2.45, 2.75) is 31.5 Å². The molecule has 2 heterocycles. The second-order valence-corrected chi connectivity index (χ2v) is 7.50. The van der Waals surface area contributed by atoms with E-state index in [4.69, 9.17) is 9.47 Å². The lowest BCUT2D eigenvalue weighted by Gasteiger charge is -2.37. The third-order valence-electron chi connectivity index (χ3n) is 4.79. The van der Waals surface area contributed by atoms with Gasteiger partial charge in [0.05, 0.1) is 19.3 Å². The van der Waals surface area contributed by atoms with Crippen LogP contribution in [-0.2, 0) is 20.8 Å². The minimum atomic E-state index is 0.0238. The molecule has 1 saturated carbocycles. The molecule has 1 aromatic rings. The van der Waals surface area contributed by atoms with Crippen LogP contribution >= 0.6 is 11.3 Å². The Morgan fingerprint density at radius 2 is 2.35 bits per heavy atom. The Labute approximate surface area is 142 Å². The average Bonchev–Trinajstić information content (AvgIpc) is 3.16. The van der Waals surface area contributed by atoms with Gasteiger partial charge in [-0.2, -0.15) is 11.3 Å². The van der Waals surface area contributed by atoms with Crippen molar-refractivity contribution in [3.05, 3.63) is 22.4 Å². The van der Waals surface area contributed by atoms with E-state index in [0.29, 0.717) is 24.7 Å². The zero-order chi connectivity index (χ0) is 16.2. The van der Waals surface area contributed by atoms with Gasteiger partial charge in [0.15, 0.2) is 0 Å². The molecule has 6 heteroatoms. The van der Waals surface area contributed by atoms with E-state index in [2.05, 4.69) is 21.7 Å². The van der Waals surface area contributed by atoms with Gasteiger partial charge in [-0.25, -0.2) is 0 Å². The van der Waals surface area contributed by atoms with Crippen LogP contribution < -0.4 is 0 Å². The number of ether oxygens (including phenoxy) is 2. The Balaban J connectivity index is 1.49. The summed E-state index contributed by atoms with van der Waals surface area (Å²) in [4.78, 5) is 15.7. The second kappa shape index (κ2) is 7.75. The molecule has 5 nitrogen and oxygen atoms in total. The number of carbonyl (C=O) groups is 1. The first kappa shape index (κ1) is 16.9. The van der Waals surface area contributed by atoms with Crippen LogP contribution in [0.3, 0.4) is 0 Å². The number of nitrogens with zero attached hydrogens (tertiary/aromatic N) is 2. The van der Waals surface area contributed by atoms with Gasteiger partial charge in [-0.15, -0.1) is 0 Å². The van der Waals surface area contributed by atoms with Gasteiger partial charge in [0.2, 0.25) is 5.91 Å². The third-order valence-corrected chi connectivity index (χ3v) is 5.52. The van der Waals surface area contributed by atoms with Gasteiger partial charge in [0, 0.05) is 33.2 Å². The SMILES string of the molecule is CN(C)C(=O)COCC1CC2OCCN(Cc3ccsc3)C2C1. The van der Waals surface area contributed by atoms with Crippen LogP contribution in [0.2, 0.25) is 0 Å². The number of amides is 1. The monoisotopic (exact) mass is 338 g/mol. The van der Waals surface area contributed by atoms with E-state index in [9.17, 15) is 4.79 Å². The zero-order valence-corrected chi connectivity index (χ0v) is 14.8. The van der Waals surface area contributed by atoms with E-state index in [0.717, 1.165) is 32.5 Å². The van der Waals surface area contributed by atoms with Crippen LogP contribution in [0.1, 0.15) is 18.4 Å². The summed E-state index contributed by atoms with van der Waals surface area (Å²) in [6.07, 6.45) is 2.46. The molecule has 0 bridgehead atoms. The lowest BCUT2D eigenvalue weighted by Crippen LogP contribution is -2.47. The van der Waals surface area contributed by atoms with Crippen molar-refractivity contribution < 1.29 is 14.3 Å². The number of rotatable bonds is 6. The molecular weight excluding hydrogens is 312 g/mol. The summed E-state index contributed by atoms with van der Waals surface area (Å²) in [6, 6.07) is 2.69. The van der Waals surface area contributed by atoms with E-state index in [-0.39, 0.29) is 12.5 Å². The molecule has 2 fully saturated rings. The first-order valence-corrected chi connectivity index (χ1v) is 9.22. The van der Waals surface area contributed by atoms with Crippen molar-refractivity contribution in [1.82, 2.24) is 9.80 Å². The van der Waals surface area contributed by atoms with E-state index >= 15 is 0 Å². The van der Waals surface area contributed by atoms with Crippen molar-refractivity contribution in [3.63, 3.8) is 0 Å². The van der Waals surface area contributed by atoms with Gasteiger partial charge < -0.3 is 14.4 Å².